The largest absolute Gasteiger partial charge is 0.487 e. The molecule has 1 N–H and O–H groups in total. The zero-order valence-electron chi connectivity index (χ0n) is 17.6. The van der Waals surface area contributed by atoms with Gasteiger partial charge < -0.3 is 19.4 Å². The van der Waals surface area contributed by atoms with Crippen molar-refractivity contribution >= 4 is 22.8 Å². The Morgan fingerprint density at radius 3 is 2.65 bits per heavy atom. The Morgan fingerprint density at radius 1 is 1.10 bits per heavy atom. The SMILES string of the molecule is CC(=O)N1CCC2(CC1)CC(NC(=O)Cc1coc3ccccc13)c1ccccc1O2. The Morgan fingerprint density at radius 2 is 1.84 bits per heavy atom. The van der Waals surface area contributed by atoms with Crippen molar-refractivity contribution in [3.8, 4) is 5.75 Å². The molecule has 31 heavy (non-hydrogen) atoms. The maximum Gasteiger partial charge on any atom is 0.225 e. The van der Waals surface area contributed by atoms with Gasteiger partial charge in [0.25, 0.3) is 0 Å². The highest BCUT2D eigenvalue weighted by molar-refractivity contribution is 5.87. The predicted molar refractivity (Wildman–Crippen MR) is 117 cm³/mol. The van der Waals surface area contributed by atoms with E-state index in [0.717, 1.165) is 40.7 Å². The number of para-hydroxylation sites is 2. The third-order valence-corrected chi connectivity index (χ3v) is 6.56. The van der Waals surface area contributed by atoms with E-state index >= 15 is 0 Å². The Kier molecular flexibility index (Phi) is 4.93. The van der Waals surface area contributed by atoms with Crippen LogP contribution >= 0.6 is 0 Å². The number of fused-ring (bicyclic) bond motifs is 2. The van der Waals surface area contributed by atoms with Gasteiger partial charge in [-0.15, -0.1) is 0 Å². The van der Waals surface area contributed by atoms with Crippen LogP contribution in [0, 0.1) is 0 Å². The molecule has 3 heterocycles. The van der Waals surface area contributed by atoms with E-state index in [1.165, 1.54) is 0 Å². The zero-order valence-corrected chi connectivity index (χ0v) is 17.6. The van der Waals surface area contributed by atoms with Crippen molar-refractivity contribution in [1.82, 2.24) is 10.2 Å². The number of rotatable bonds is 3. The summed E-state index contributed by atoms with van der Waals surface area (Å²) >= 11 is 0. The maximum absolute atomic E-state index is 13.0. The number of nitrogens with one attached hydrogen (secondary N) is 1. The van der Waals surface area contributed by atoms with Crippen LogP contribution in [0.1, 0.15) is 43.4 Å². The molecule has 1 atom stereocenters. The normalized spacial score (nSPS) is 19.6. The van der Waals surface area contributed by atoms with Gasteiger partial charge in [-0.2, -0.15) is 0 Å². The van der Waals surface area contributed by atoms with E-state index in [1.54, 1.807) is 13.2 Å². The van der Waals surface area contributed by atoms with E-state index in [4.69, 9.17) is 9.15 Å². The summed E-state index contributed by atoms with van der Waals surface area (Å²) < 4.78 is 12.0. The fourth-order valence-corrected chi connectivity index (χ4v) is 4.87. The van der Waals surface area contributed by atoms with Crippen LogP contribution in [0.4, 0.5) is 0 Å². The molecule has 1 unspecified atom stereocenters. The first-order chi connectivity index (χ1) is 15.0. The number of likely N-dealkylation sites (tertiary alicyclic amines) is 1. The van der Waals surface area contributed by atoms with Crippen molar-refractivity contribution in [2.45, 2.75) is 44.2 Å². The second kappa shape index (κ2) is 7.76. The molecular formula is C25H26N2O4. The van der Waals surface area contributed by atoms with Crippen molar-refractivity contribution in [2.24, 2.45) is 0 Å². The number of benzene rings is 2. The second-order valence-corrected chi connectivity index (χ2v) is 8.59. The summed E-state index contributed by atoms with van der Waals surface area (Å²) in [5, 5.41) is 4.21. The Labute approximate surface area is 181 Å². The van der Waals surface area contributed by atoms with Crippen molar-refractivity contribution in [3.63, 3.8) is 0 Å². The Hall–Kier alpha value is -3.28. The smallest absolute Gasteiger partial charge is 0.225 e. The number of carbonyl (C=O) groups excluding carboxylic acids is 2. The highest BCUT2D eigenvalue weighted by atomic mass is 16.5. The van der Waals surface area contributed by atoms with Crippen LogP contribution in [-0.4, -0.2) is 35.4 Å². The lowest BCUT2D eigenvalue weighted by Crippen LogP contribution is -2.53. The number of carbonyl (C=O) groups is 2. The molecule has 2 amide bonds. The molecule has 2 aliphatic heterocycles. The molecule has 1 saturated heterocycles. The fourth-order valence-electron chi connectivity index (χ4n) is 4.87. The standard InChI is InChI=1S/C25H26N2O4/c1-17(28)27-12-10-25(11-13-27)15-21(20-7-3-5-9-23(20)31-25)26-24(29)14-18-16-30-22-8-4-2-6-19(18)22/h2-9,16,21H,10-15H2,1H3,(H,26,29). The first kappa shape index (κ1) is 19.7. The zero-order chi connectivity index (χ0) is 21.4. The third kappa shape index (κ3) is 3.78. The number of hydrogen-bond acceptors (Lipinski definition) is 4. The molecule has 160 valence electrons. The van der Waals surface area contributed by atoms with E-state index < -0.39 is 0 Å². The minimum Gasteiger partial charge on any atom is -0.487 e. The van der Waals surface area contributed by atoms with Crippen molar-refractivity contribution in [3.05, 3.63) is 65.9 Å². The second-order valence-electron chi connectivity index (χ2n) is 8.59. The molecule has 0 radical (unpaired) electrons. The lowest BCUT2D eigenvalue weighted by atomic mass is 9.80. The van der Waals surface area contributed by atoms with E-state index in [9.17, 15) is 9.59 Å². The van der Waals surface area contributed by atoms with Gasteiger partial charge in [0.05, 0.1) is 18.7 Å². The minimum atomic E-state index is -0.361. The summed E-state index contributed by atoms with van der Waals surface area (Å²) in [6.45, 7) is 2.97. The van der Waals surface area contributed by atoms with Crippen LogP contribution in [0.3, 0.4) is 0 Å². The number of hydrogen-bond donors (Lipinski definition) is 1. The van der Waals surface area contributed by atoms with Crippen molar-refractivity contribution in [2.75, 3.05) is 13.1 Å². The van der Waals surface area contributed by atoms with E-state index in [0.29, 0.717) is 19.5 Å². The highest BCUT2D eigenvalue weighted by Crippen LogP contribution is 2.44. The Bertz CT molecular complexity index is 1130. The molecule has 5 rings (SSSR count). The van der Waals surface area contributed by atoms with Gasteiger partial charge >= 0.3 is 0 Å². The van der Waals surface area contributed by atoms with Crippen LogP contribution < -0.4 is 10.1 Å². The van der Waals surface area contributed by atoms with Gasteiger partial charge in [-0.1, -0.05) is 36.4 Å². The molecule has 2 aromatic carbocycles. The van der Waals surface area contributed by atoms with E-state index in [-0.39, 0.29) is 29.9 Å². The average Bonchev–Trinajstić information content (AvgIpc) is 3.17. The third-order valence-electron chi connectivity index (χ3n) is 6.56. The molecule has 3 aromatic rings. The predicted octanol–water partition coefficient (Wildman–Crippen LogP) is 4.00. The van der Waals surface area contributed by atoms with Crippen molar-refractivity contribution in [1.29, 1.82) is 0 Å². The van der Waals surface area contributed by atoms with Crippen LogP contribution in [-0.2, 0) is 16.0 Å². The Balaban J connectivity index is 1.35. The fraction of sp³-hybridized carbons (Fsp3) is 0.360. The lowest BCUT2D eigenvalue weighted by Gasteiger charge is -2.46. The average molecular weight is 418 g/mol. The molecule has 1 fully saturated rings. The first-order valence-corrected chi connectivity index (χ1v) is 10.8. The van der Waals surface area contributed by atoms with Crippen LogP contribution in [0.5, 0.6) is 5.75 Å². The summed E-state index contributed by atoms with van der Waals surface area (Å²) in [6.07, 6.45) is 4.16. The number of furan rings is 1. The van der Waals surface area contributed by atoms with Gasteiger partial charge in [-0.25, -0.2) is 0 Å². The quantitative estimate of drug-likeness (QED) is 0.698. The molecule has 0 aliphatic carbocycles. The molecular weight excluding hydrogens is 392 g/mol. The summed E-state index contributed by atoms with van der Waals surface area (Å²) in [7, 11) is 0. The first-order valence-electron chi connectivity index (χ1n) is 10.8. The van der Waals surface area contributed by atoms with Gasteiger partial charge in [0.1, 0.15) is 16.9 Å². The summed E-state index contributed by atoms with van der Waals surface area (Å²) in [5.74, 6) is 0.886. The minimum absolute atomic E-state index is 0.0374. The van der Waals surface area contributed by atoms with Crippen LogP contribution in [0.25, 0.3) is 11.0 Å². The number of nitrogens with zero attached hydrogens (tertiary/aromatic N) is 1. The molecule has 1 spiro atoms. The maximum atomic E-state index is 13.0. The van der Waals surface area contributed by atoms with Gasteiger partial charge in [0, 0.05) is 55.8 Å². The monoisotopic (exact) mass is 418 g/mol. The number of amides is 2. The summed E-state index contributed by atoms with van der Waals surface area (Å²) in [4.78, 5) is 26.6. The summed E-state index contributed by atoms with van der Waals surface area (Å²) in [6, 6.07) is 15.5. The molecule has 2 aliphatic rings. The molecule has 1 aromatic heterocycles. The summed E-state index contributed by atoms with van der Waals surface area (Å²) in [5.41, 5.74) is 2.32. The molecule has 0 saturated carbocycles. The van der Waals surface area contributed by atoms with E-state index in [1.807, 2.05) is 53.4 Å². The molecule has 6 heteroatoms. The topological polar surface area (TPSA) is 71.8 Å². The van der Waals surface area contributed by atoms with Gasteiger partial charge in [-0.05, 0) is 12.1 Å². The molecule has 0 bridgehead atoms. The van der Waals surface area contributed by atoms with Crippen LogP contribution in [0.15, 0.2) is 59.2 Å². The lowest BCUT2D eigenvalue weighted by molar-refractivity contribution is -0.133. The van der Waals surface area contributed by atoms with Gasteiger partial charge in [0.2, 0.25) is 11.8 Å². The number of ether oxygens (including phenoxy) is 1. The van der Waals surface area contributed by atoms with Crippen molar-refractivity contribution < 1.29 is 18.7 Å². The van der Waals surface area contributed by atoms with Crippen LogP contribution in [0.2, 0.25) is 0 Å². The highest BCUT2D eigenvalue weighted by Gasteiger charge is 2.44. The van der Waals surface area contributed by atoms with E-state index in [2.05, 4.69) is 5.32 Å². The molecule has 6 nitrogen and oxygen atoms in total. The number of piperidine rings is 1. The van der Waals surface area contributed by atoms with Gasteiger partial charge in [0.15, 0.2) is 0 Å². The van der Waals surface area contributed by atoms with Gasteiger partial charge in [-0.3, -0.25) is 9.59 Å².